The first-order chi connectivity index (χ1) is 7.34. The maximum Gasteiger partial charge on any atom is 0.103 e. The molecule has 0 spiro atoms. The van der Waals surface area contributed by atoms with Crippen molar-refractivity contribution in [2.75, 3.05) is 18.4 Å². The van der Waals surface area contributed by atoms with Gasteiger partial charge >= 0.3 is 0 Å². The van der Waals surface area contributed by atoms with Crippen molar-refractivity contribution in [2.24, 2.45) is 4.99 Å². The second-order valence-corrected chi connectivity index (χ2v) is 3.84. The second kappa shape index (κ2) is 4.89. The number of para-hydroxylation sites is 1. The van der Waals surface area contributed by atoms with Crippen molar-refractivity contribution in [3.05, 3.63) is 30.3 Å². The molecule has 1 aromatic carbocycles. The van der Waals surface area contributed by atoms with Crippen LogP contribution < -0.4 is 10.6 Å². The molecule has 0 unspecified atom stereocenters. The van der Waals surface area contributed by atoms with Gasteiger partial charge in [-0.05, 0) is 12.1 Å². The van der Waals surface area contributed by atoms with E-state index in [0.717, 1.165) is 29.6 Å². The molecular formula is C11H13N3S. The largest absolute Gasteiger partial charge is 0.372 e. The predicted octanol–water partition coefficient (Wildman–Crippen LogP) is 1.82. The zero-order valence-electron chi connectivity index (χ0n) is 8.36. The maximum atomic E-state index is 5.24. The first-order valence-corrected chi connectivity index (χ1v) is 5.37. The van der Waals surface area contributed by atoms with Crippen LogP contribution in [0.3, 0.4) is 0 Å². The Bertz CT molecular complexity index is 373. The highest BCUT2D eigenvalue weighted by molar-refractivity contribution is 7.80. The Morgan fingerprint density at radius 3 is 2.87 bits per heavy atom. The number of nitrogens with one attached hydrogen (secondary N) is 2. The zero-order valence-corrected chi connectivity index (χ0v) is 9.18. The van der Waals surface area contributed by atoms with E-state index in [4.69, 9.17) is 12.2 Å². The Morgan fingerprint density at radius 2 is 2.20 bits per heavy atom. The third kappa shape index (κ3) is 3.02. The molecule has 1 aliphatic heterocycles. The van der Waals surface area contributed by atoms with Gasteiger partial charge in [-0.25, -0.2) is 0 Å². The summed E-state index contributed by atoms with van der Waals surface area (Å²) in [7, 11) is 0. The lowest BCUT2D eigenvalue weighted by Crippen LogP contribution is -2.23. The third-order valence-electron chi connectivity index (χ3n) is 2.13. The quantitative estimate of drug-likeness (QED) is 0.761. The fourth-order valence-corrected chi connectivity index (χ4v) is 1.70. The molecule has 4 heteroatoms. The molecule has 0 aromatic heterocycles. The molecule has 0 radical (unpaired) electrons. The van der Waals surface area contributed by atoms with Gasteiger partial charge in [0, 0.05) is 12.2 Å². The van der Waals surface area contributed by atoms with E-state index in [2.05, 4.69) is 15.6 Å². The summed E-state index contributed by atoms with van der Waals surface area (Å²) in [6.07, 6.45) is 0.699. The highest BCUT2D eigenvalue weighted by Gasteiger charge is 2.07. The van der Waals surface area contributed by atoms with Gasteiger partial charge in [-0.3, -0.25) is 4.99 Å². The average Bonchev–Trinajstić information content (AvgIpc) is 2.71. The number of thiocarbonyl (C=S) groups is 1. The molecule has 2 N–H and O–H groups in total. The van der Waals surface area contributed by atoms with E-state index in [-0.39, 0.29) is 0 Å². The Balaban J connectivity index is 1.87. The third-order valence-corrected chi connectivity index (χ3v) is 2.38. The van der Waals surface area contributed by atoms with Crippen LogP contribution in [0, 0.1) is 0 Å². The van der Waals surface area contributed by atoms with Crippen LogP contribution in [-0.2, 0) is 0 Å². The molecular weight excluding hydrogens is 206 g/mol. The summed E-state index contributed by atoms with van der Waals surface area (Å²) >= 11 is 5.24. The predicted molar refractivity (Wildman–Crippen MR) is 67.6 cm³/mol. The molecule has 0 bridgehead atoms. The van der Waals surface area contributed by atoms with Crippen LogP contribution in [0.1, 0.15) is 6.42 Å². The van der Waals surface area contributed by atoms with Crippen LogP contribution in [0.5, 0.6) is 0 Å². The van der Waals surface area contributed by atoms with Gasteiger partial charge in [0.25, 0.3) is 0 Å². The Kier molecular flexibility index (Phi) is 3.29. The van der Waals surface area contributed by atoms with E-state index in [1.807, 2.05) is 30.3 Å². The molecule has 1 heterocycles. The molecule has 1 aliphatic rings. The van der Waals surface area contributed by atoms with Gasteiger partial charge in [0.05, 0.1) is 18.0 Å². The van der Waals surface area contributed by atoms with E-state index < -0.39 is 0 Å². The molecule has 0 saturated heterocycles. The fraction of sp³-hybridized carbons (Fsp3) is 0.273. The number of hydrogen-bond donors (Lipinski definition) is 2. The van der Waals surface area contributed by atoms with Crippen LogP contribution in [0.4, 0.5) is 5.69 Å². The Labute approximate surface area is 94.6 Å². The molecule has 0 fully saturated rings. The van der Waals surface area contributed by atoms with Crippen LogP contribution in [0.2, 0.25) is 0 Å². The summed E-state index contributed by atoms with van der Waals surface area (Å²) in [5, 5.41) is 6.38. The minimum Gasteiger partial charge on any atom is -0.372 e. The maximum absolute atomic E-state index is 5.24. The van der Waals surface area contributed by atoms with Gasteiger partial charge in [-0.1, -0.05) is 30.4 Å². The lowest BCUT2D eigenvalue weighted by Gasteiger charge is -2.07. The molecule has 0 saturated carbocycles. The van der Waals surface area contributed by atoms with Crippen LogP contribution in [0.25, 0.3) is 0 Å². The number of anilines is 1. The zero-order chi connectivity index (χ0) is 10.5. The molecule has 0 atom stereocenters. The van der Waals surface area contributed by atoms with Gasteiger partial charge < -0.3 is 10.6 Å². The summed E-state index contributed by atoms with van der Waals surface area (Å²) in [6, 6.07) is 9.94. The van der Waals surface area contributed by atoms with Crippen molar-refractivity contribution in [1.82, 2.24) is 5.32 Å². The van der Waals surface area contributed by atoms with E-state index >= 15 is 0 Å². The summed E-state index contributed by atoms with van der Waals surface area (Å²) in [4.78, 5) is 5.10. The highest BCUT2D eigenvalue weighted by Crippen LogP contribution is 2.06. The van der Waals surface area contributed by atoms with Crippen molar-refractivity contribution in [1.29, 1.82) is 0 Å². The SMILES string of the molecule is S=C(CC1=NCCN1)Nc1ccccc1. The van der Waals surface area contributed by atoms with E-state index in [1.54, 1.807) is 0 Å². The normalized spacial score (nSPS) is 14.3. The molecule has 15 heavy (non-hydrogen) atoms. The number of benzene rings is 1. The van der Waals surface area contributed by atoms with Crippen LogP contribution in [-0.4, -0.2) is 23.9 Å². The van der Waals surface area contributed by atoms with Crippen LogP contribution in [0.15, 0.2) is 35.3 Å². The highest BCUT2D eigenvalue weighted by atomic mass is 32.1. The molecule has 3 nitrogen and oxygen atoms in total. The van der Waals surface area contributed by atoms with E-state index in [1.165, 1.54) is 0 Å². The number of hydrogen-bond acceptors (Lipinski definition) is 3. The summed E-state index contributed by atoms with van der Waals surface area (Å²) < 4.78 is 0. The van der Waals surface area contributed by atoms with Crippen molar-refractivity contribution in [3.8, 4) is 0 Å². The number of nitrogens with zero attached hydrogens (tertiary/aromatic N) is 1. The minimum atomic E-state index is 0.699. The number of amidine groups is 1. The van der Waals surface area contributed by atoms with Gasteiger partial charge in [-0.15, -0.1) is 0 Å². The first-order valence-electron chi connectivity index (χ1n) is 4.97. The van der Waals surface area contributed by atoms with Gasteiger partial charge in [-0.2, -0.15) is 0 Å². The summed E-state index contributed by atoms with van der Waals surface area (Å²) in [5.74, 6) is 0.989. The standard InChI is InChI=1S/C11H13N3S/c15-11(8-10-12-6-7-13-10)14-9-4-2-1-3-5-9/h1-5H,6-8H2,(H,12,13)(H,14,15). The minimum absolute atomic E-state index is 0.699. The smallest absolute Gasteiger partial charge is 0.103 e. The molecule has 78 valence electrons. The number of rotatable bonds is 3. The van der Waals surface area contributed by atoms with Gasteiger partial charge in [0.2, 0.25) is 0 Å². The van der Waals surface area contributed by atoms with Gasteiger partial charge in [0.15, 0.2) is 0 Å². The molecule has 0 amide bonds. The average molecular weight is 219 g/mol. The molecule has 1 aromatic rings. The summed E-state index contributed by atoms with van der Waals surface area (Å²) in [5.41, 5.74) is 1.03. The van der Waals surface area contributed by atoms with Gasteiger partial charge in [0.1, 0.15) is 5.84 Å². The second-order valence-electron chi connectivity index (χ2n) is 3.35. The van der Waals surface area contributed by atoms with Crippen molar-refractivity contribution < 1.29 is 0 Å². The van der Waals surface area contributed by atoms with Crippen LogP contribution >= 0.6 is 12.2 Å². The Hall–Kier alpha value is -1.42. The van der Waals surface area contributed by atoms with E-state index in [9.17, 15) is 0 Å². The lowest BCUT2D eigenvalue weighted by atomic mass is 10.3. The topological polar surface area (TPSA) is 36.4 Å². The lowest BCUT2D eigenvalue weighted by molar-refractivity contribution is 0.956. The monoisotopic (exact) mass is 219 g/mol. The Morgan fingerprint density at radius 1 is 1.40 bits per heavy atom. The number of aliphatic imine (C=N–C) groups is 1. The fourth-order valence-electron chi connectivity index (χ4n) is 1.44. The first kappa shape index (κ1) is 10.1. The summed E-state index contributed by atoms with van der Waals surface area (Å²) in [6.45, 7) is 1.80. The van der Waals surface area contributed by atoms with Crippen molar-refractivity contribution in [2.45, 2.75) is 6.42 Å². The molecule has 2 rings (SSSR count). The molecule has 0 aliphatic carbocycles. The van der Waals surface area contributed by atoms with Crippen molar-refractivity contribution in [3.63, 3.8) is 0 Å². The van der Waals surface area contributed by atoms with E-state index in [0.29, 0.717) is 6.42 Å². The van der Waals surface area contributed by atoms with Crippen molar-refractivity contribution >= 4 is 28.7 Å².